The Morgan fingerprint density at radius 3 is 2.56 bits per heavy atom. The normalized spacial score (nSPS) is 23.1. The first kappa shape index (κ1) is 14.9. The summed E-state index contributed by atoms with van der Waals surface area (Å²) < 4.78 is 22.4. The van der Waals surface area contributed by atoms with Gasteiger partial charge in [-0.05, 0) is 18.8 Å². The summed E-state index contributed by atoms with van der Waals surface area (Å²) in [4.78, 5) is 11.5. The van der Waals surface area contributed by atoms with Gasteiger partial charge >= 0.3 is 6.03 Å². The maximum absolute atomic E-state index is 11.5. The van der Waals surface area contributed by atoms with E-state index in [1.807, 2.05) is 20.8 Å². The van der Waals surface area contributed by atoms with Crippen LogP contribution in [0.25, 0.3) is 0 Å². The molecule has 0 aromatic rings. The molecule has 1 fully saturated rings. The van der Waals surface area contributed by atoms with Crippen LogP contribution >= 0.6 is 0 Å². The molecule has 18 heavy (non-hydrogen) atoms. The van der Waals surface area contributed by atoms with Crippen molar-refractivity contribution in [3.05, 3.63) is 0 Å². The minimum atomic E-state index is -2.97. The number of carbonyl (C=O) groups excluding carboxylic acids is 1. The lowest BCUT2D eigenvalue weighted by Gasteiger charge is -2.11. The van der Waals surface area contributed by atoms with Gasteiger partial charge < -0.3 is 5.32 Å². The highest BCUT2D eigenvalue weighted by Gasteiger charge is 2.28. The van der Waals surface area contributed by atoms with Gasteiger partial charge in [-0.1, -0.05) is 20.8 Å². The zero-order valence-corrected chi connectivity index (χ0v) is 11.9. The van der Waals surface area contributed by atoms with E-state index in [1.165, 1.54) is 0 Å². The molecule has 1 rings (SSSR count). The van der Waals surface area contributed by atoms with E-state index >= 15 is 0 Å². The van der Waals surface area contributed by atoms with Gasteiger partial charge in [0.25, 0.3) is 0 Å². The standard InChI is InChI=1S/C11H21N3O3S/c1-4-10(8(2)3)13-14-11(15)12-9-5-6-18(16,17)7-9/h8-9H,4-7H2,1-3H3,(H2,12,14,15)/t9-/m0/s1. The number of sulfone groups is 1. The summed E-state index contributed by atoms with van der Waals surface area (Å²) in [6.07, 6.45) is 1.25. The molecule has 104 valence electrons. The Morgan fingerprint density at radius 2 is 2.11 bits per heavy atom. The Hall–Kier alpha value is -1.11. The van der Waals surface area contributed by atoms with Gasteiger partial charge in [0.05, 0.1) is 11.5 Å². The monoisotopic (exact) mass is 275 g/mol. The molecule has 0 spiro atoms. The van der Waals surface area contributed by atoms with E-state index in [0.717, 1.165) is 12.1 Å². The molecule has 0 aliphatic carbocycles. The number of nitrogens with zero attached hydrogens (tertiary/aromatic N) is 1. The van der Waals surface area contributed by atoms with E-state index in [1.54, 1.807) is 0 Å². The summed E-state index contributed by atoms with van der Waals surface area (Å²) in [7, 11) is -2.97. The number of hydrazone groups is 1. The highest BCUT2D eigenvalue weighted by molar-refractivity contribution is 7.91. The number of amides is 2. The Labute approximate surface area is 108 Å². The van der Waals surface area contributed by atoms with E-state index < -0.39 is 15.9 Å². The van der Waals surface area contributed by atoms with Crippen molar-refractivity contribution in [1.82, 2.24) is 10.7 Å². The number of rotatable bonds is 4. The topological polar surface area (TPSA) is 87.6 Å². The van der Waals surface area contributed by atoms with Crippen molar-refractivity contribution >= 4 is 21.6 Å². The van der Waals surface area contributed by atoms with Gasteiger partial charge in [-0.15, -0.1) is 0 Å². The van der Waals surface area contributed by atoms with Gasteiger partial charge in [-0.2, -0.15) is 5.10 Å². The zero-order valence-electron chi connectivity index (χ0n) is 11.1. The fourth-order valence-corrected chi connectivity index (χ4v) is 3.54. The number of carbonyl (C=O) groups is 1. The van der Waals surface area contributed by atoms with Crippen LogP contribution < -0.4 is 10.7 Å². The van der Waals surface area contributed by atoms with Crippen LogP contribution in [-0.2, 0) is 9.84 Å². The van der Waals surface area contributed by atoms with Gasteiger partial charge in [-0.3, -0.25) is 0 Å². The second-order valence-electron chi connectivity index (χ2n) is 4.80. The van der Waals surface area contributed by atoms with Crippen molar-refractivity contribution in [2.45, 2.75) is 39.7 Å². The Kier molecular flexibility index (Phi) is 5.13. The quantitative estimate of drug-likeness (QED) is 0.590. The zero-order chi connectivity index (χ0) is 13.8. The van der Waals surface area contributed by atoms with Crippen LogP contribution in [0, 0.1) is 5.92 Å². The lowest BCUT2D eigenvalue weighted by Crippen LogP contribution is -2.41. The van der Waals surface area contributed by atoms with Crippen LogP contribution in [0.5, 0.6) is 0 Å². The van der Waals surface area contributed by atoms with Gasteiger partial charge in [0, 0.05) is 11.8 Å². The van der Waals surface area contributed by atoms with Crippen LogP contribution in [0.4, 0.5) is 4.79 Å². The van der Waals surface area contributed by atoms with Crippen molar-refractivity contribution in [3.63, 3.8) is 0 Å². The fourth-order valence-electron chi connectivity index (χ4n) is 1.87. The van der Waals surface area contributed by atoms with Crippen LogP contribution in [0.15, 0.2) is 5.10 Å². The maximum atomic E-state index is 11.5. The summed E-state index contributed by atoms with van der Waals surface area (Å²) in [5, 5.41) is 6.64. The van der Waals surface area contributed by atoms with Gasteiger partial charge in [-0.25, -0.2) is 18.6 Å². The smallest absolute Gasteiger partial charge is 0.333 e. The molecule has 1 saturated heterocycles. The first-order valence-electron chi connectivity index (χ1n) is 6.17. The summed E-state index contributed by atoms with van der Waals surface area (Å²) >= 11 is 0. The maximum Gasteiger partial charge on any atom is 0.335 e. The molecule has 0 radical (unpaired) electrons. The fraction of sp³-hybridized carbons (Fsp3) is 0.818. The van der Waals surface area contributed by atoms with Gasteiger partial charge in [0.2, 0.25) is 0 Å². The van der Waals surface area contributed by atoms with E-state index in [2.05, 4.69) is 15.8 Å². The molecule has 0 bridgehead atoms. The molecule has 7 heteroatoms. The van der Waals surface area contributed by atoms with Crippen molar-refractivity contribution in [3.8, 4) is 0 Å². The Morgan fingerprint density at radius 1 is 1.44 bits per heavy atom. The molecule has 0 unspecified atom stereocenters. The van der Waals surface area contributed by atoms with Crippen molar-refractivity contribution in [2.24, 2.45) is 11.0 Å². The van der Waals surface area contributed by atoms with E-state index in [9.17, 15) is 13.2 Å². The second kappa shape index (κ2) is 6.17. The first-order chi connectivity index (χ1) is 8.34. The van der Waals surface area contributed by atoms with Crippen LogP contribution in [-0.4, -0.2) is 37.7 Å². The number of hydrogen-bond donors (Lipinski definition) is 2. The van der Waals surface area contributed by atoms with Crippen LogP contribution in [0.2, 0.25) is 0 Å². The molecule has 2 N–H and O–H groups in total. The molecule has 2 amide bonds. The Balaban J connectivity index is 2.43. The lowest BCUT2D eigenvalue weighted by atomic mass is 10.1. The molecular weight excluding hydrogens is 254 g/mol. The third-order valence-corrected chi connectivity index (χ3v) is 4.67. The molecule has 1 heterocycles. The molecule has 0 aromatic heterocycles. The highest BCUT2D eigenvalue weighted by atomic mass is 32.2. The average Bonchev–Trinajstić information content (AvgIpc) is 2.58. The molecular formula is C11H21N3O3S. The largest absolute Gasteiger partial charge is 0.335 e. The van der Waals surface area contributed by atoms with Gasteiger partial charge in [0.15, 0.2) is 9.84 Å². The average molecular weight is 275 g/mol. The number of urea groups is 1. The second-order valence-corrected chi connectivity index (χ2v) is 7.03. The van der Waals surface area contributed by atoms with Crippen molar-refractivity contribution in [1.29, 1.82) is 0 Å². The predicted octanol–water partition coefficient (Wildman–Crippen LogP) is 0.895. The summed E-state index contributed by atoms with van der Waals surface area (Å²) in [6, 6.07) is -0.738. The van der Waals surface area contributed by atoms with Crippen molar-refractivity contribution in [2.75, 3.05) is 11.5 Å². The van der Waals surface area contributed by atoms with Crippen LogP contribution in [0.3, 0.4) is 0 Å². The van der Waals surface area contributed by atoms with E-state index in [-0.39, 0.29) is 23.5 Å². The first-order valence-corrected chi connectivity index (χ1v) is 7.99. The van der Waals surface area contributed by atoms with Gasteiger partial charge in [0.1, 0.15) is 0 Å². The molecule has 0 aromatic carbocycles. The predicted molar refractivity (Wildman–Crippen MR) is 71.3 cm³/mol. The Bertz CT molecular complexity index is 429. The summed E-state index contributed by atoms with van der Waals surface area (Å²) in [5.41, 5.74) is 3.32. The molecule has 6 nitrogen and oxygen atoms in total. The minimum absolute atomic E-state index is 0.0228. The highest BCUT2D eigenvalue weighted by Crippen LogP contribution is 2.10. The third-order valence-electron chi connectivity index (χ3n) is 2.90. The van der Waals surface area contributed by atoms with Crippen LogP contribution in [0.1, 0.15) is 33.6 Å². The lowest BCUT2D eigenvalue weighted by molar-refractivity contribution is 0.238. The van der Waals surface area contributed by atoms with E-state index in [4.69, 9.17) is 0 Å². The van der Waals surface area contributed by atoms with Crippen molar-refractivity contribution < 1.29 is 13.2 Å². The summed E-state index contributed by atoms with van der Waals surface area (Å²) in [5.74, 6) is 0.449. The molecule has 1 aliphatic rings. The molecule has 1 atom stereocenters. The van der Waals surface area contributed by atoms with E-state index in [0.29, 0.717) is 6.42 Å². The molecule has 0 saturated carbocycles. The minimum Gasteiger partial charge on any atom is -0.333 e. The molecule has 1 aliphatic heterocycles. The third kappa shape index (κ3) is 4.64. The number of hydrogen-bond acceptors (Lipinski definition) is 4. The SMILES string of the molecule is CCC(=NNC(=O)N[C@H]1CCS(=O)(=O)C1)C(C)C. The summed E-state index contributed by atoms with van der Waals surface area (Å²) in [6.45, 7) is 5.99. The number of nitrogens with one attached hydrogen (secondary N) is 2.